The van der Waals surface area contributed by atoms with Crippen molar-refractivity contribution in [2.45, 2.75) is 18.9 Å². The van der Waals surface area contributed by atoms with Gasteiger partial charge >= 0.3 is 0 Å². The molecule has 0 saturated carbocycles. The van der Waals surface area contributed by atoms with Crippen LogP contribution in [0.4, 0.5) is 11.4 Å². The zero-order chi connectivity index (χ0) is 14.7. The van der Waals surface area contributed by atoms with Gasteiger partial charge in [-0.3, -0.25) is 9.59 Å². The molecule has 2 rings (SSSR count). The van der Waals surface area contributed by atoms with Crippen molar-refractivity contribution >= 4 is 23.2 Å². The third-order valence-electron chi connectivity index (χ3n) is 3.33. The lowest BCUT2D eigenvalue weighted by atomic mass is 10.1. The Bertz CT molecular complexity index is 528. The highest BCUT2D eigenvalue weighted by Gasteiger charge is 2.20. The van der Waals surface area contributed by atoms with E-state index in [0.29, 0.717) is 24.2 Å². The summed E-state index contributed by atoms with van der Waals surface area (Å²) in [4.78, 5) is 24.6. The van der Waals surface area contributed by atoms with Crippen LogP contribution in [0, 0.1) is 0 Å². The van der Waals surface area contributed by atoms with Gasteiger partial charge in [0.15, 0.2) is 0 Å². The molecule has 20 heavy (non-hydrogen) atoms. The number of nitrogens with zero attached hydrogens (tertiary/aromatic N) is 1. The number of carbonyl (C=O) groups is 2. The number of hydrogen-bond acceptors (Lipinski definition) is 4. The van der Waals surface area contributed by atoms with E-state index in [4.69, 9.17) is 5.73 Å². The smallest absolute Gasteiger partial charge is 0.253 e. The minimum Gasteiger partial charge on any atom is -0.397 e. The summed E-state index contributed by atoms with van der Waals surface area (Å²) in [6.07, 6.45) is 1.39. The maximum absolute atomic E-state index is 11.9. The number of nitrogens with one attached hydrogen (secondary N) is 2. The molecule has 0 radical (unpaired) electrons. The molecule has 0 aromatic heterocycles. The molecule has 1 atom stereocenters. The van der Waals surface area contributed by atoms with E-state index >= 15 is 0 Å². The molecule has 108 valence electrons. The lowest BCUT2D eigenvalue weighted by Gasteiger charge is -2.16. The highest BCUT2D eigenvalue weighted by Crippen LogP contribution is 2.21. The van der Waals surface area contributed by atoms with Gasteiger partial charge in [-0.1, -0.05) is 0 Å². The molecule has 6 heteroatoms. The van der Waals surface area contributed by atoms with E-state index in [9.17, 15) is 9.59 Å². The normalized spacial score (nSPS) is 17.7. The molecule has 0 bridgehead atoms. The van der Waals surface area contributed by atoms with Crippen molar-refractivity contribution in [1.29, 1.82) is 0 Å². The van der Waals surface area contributed by atoms with Gasteiger partial charge < -0.3 is 21.3 Å². The SMILES string of the molecule is CN(C)C(=O)c1ccc(N)c(NCC2CCC(=O)N2)c1. The summed E-state index contributed by atoms with van der Waals surface area (Å²) in [6, 6.07) is 5.29. The lowest BCUT2D eigenvalue weighted by molar-refractivity contribution is -0.119. The van der Waals surface area contributed by atoms with Crippen molar-refractivity contribution in [2.75, 3.05) is 31.7 Å². The van der Waals surface area contributed by atoms with Crippen LogP contribution >= 0.6 is 0 Å². The number of nitrogens with two attached hydrogens (primary N) is 1. The summed E-state index contributed by atoms with van der Waals surface area (Å²) < 4.78 is 0. The largest absolute Gasteiger partial charge is 0.397 e. The highest BCUT2D eigenvalue weighted by atomic mass is 16.2. The van der Waals surface area contributed by atoms with Crippen molar-refractivity contribution in [3.63, 3.8) is 0 Å². The van der Waals surface area contributed by atoms with E-state index in [2.05, 4.69) is 10.6 Å². The van der Waals surface area contributed by atoms with Gasteiger partial charge in [-0.2, -0.15) is 0 Å². The third-order valence-corrected chi connectivity index (χ3v) is 3.33. The predicted octanol–water partition coefficient (Wildman–Crippen LogP) is 0.661. The van der Waals surface area contributed by atoms with Crippen LogP contribution in [-0.2, 0) is 4.79 Å². The topological polar surface area (TPSA) is 87.5 Å². The maximum Gasteiger partial charge on any atom is 0.253 e. The quantitative estimate of drug-likeness (QED) is 0.705. The molecule has 2 amide bonds. The minimum absolute atomic E-state index is 0.0674. The Balaban J connectivity index is 2.05. The zero-order valence-electron chi connectivity index (χ0n) is 11.8. The van der Waals surface area contributed by atoms with Gasteiger partial charge in [-0.25, -0.2) is 0 Å². The molecule has 1 unspecified atom stereocenters. The second kappa shape index (κ2) is 5.81. The first-order valence-corrected chi connectivity index (χ1v) is 6.62. The fourth-order valence-electron chi connectivity index (χ4n) is 2.16. The van der Waals surface area contributed by atoms with Crippen molar-refractivity contribution in [3.8, 4) is 0 Å². The Morgan fingerprint density at radius 1 is 1.50 bits per heavy atom. The third kappa shape index (κ3) is 3.20. The molecule has 4 N–H and O–H groups in total. The monoisotopic (exact) mass is 276 g/mol. The summed E-state index contributed by atoms with van der Waals surface area (Å²) in [7, 11) is 3.42. The standard InChI is InChI=1S/C14H20N4O2/c1-18(2)14(20)9-3-5-11(15)12(7-9)16-8-10-4-6-13(19)17-10/h3,5,7,10,16H,4,6,8,15H2,1-2H3,(H,17,19). The number of amides is 2. The fourth-order valence-corrected chi connectivity index (χ4v) is 2.16. The fraction of sp³-hybridized carbons (Fsp3) is 0.429. The van der Waals surface area contributed by atoms with Crippen LogP contribution in [0.15, 0.2) is 18.2 Å². The molecule has 1 aromatic rings. The number of benzene rings is 1. The zero-order valence-corrected chi connectivity index (χ0v) is 11.8. The Morgan fingerprint density at radius 2 is 2.25 bits per heavy atom. The van der Waals surface area contributed by atoms with Gasteiger partial charge in [0, 0.05) is 38.7 Å². The number of anilines is 2. The average Bonchev–Trinajstić information content (AvgIpc) is 2.82. The first-order chi connectivity index (χ1) is 9.47. The van der Waals surface area contributed by atoms with Gasteiger partial charge in [0.1, 0.15) is 0 Å². The first-order valence-electron chi connectivity index (χ1n) is 6.62. The van der Waals surface area contributed by atoms with E-state index in [1.165, 1.54) is 4.90 Å². The number of rotatable bonds is 4. The van der Waals surface area contributed by atoms with Gasteiger partial charge in [0.05, 0.1) is 11.4 Å². The Hall–Kier alpha value is -2.24. The molecule has 1 aliphatic heterocycles. The molecule has 1 heterocycles. The summed E-state index contributed by atoms with van der Waals surface area (Å²) in [5, 5.41) is 6.08. The van der Waals surface area contributed by atoms with Crippen LogP contribution in [0.5, 0.6) is 0 Å². The summed E-state index contributed by atoms with van der Waals surface area (Å²) in [5.41, 5.74) is 7.80. The maximum atomic E-state index is 11.9. The molecular formula is C14H20N4O2. The number of nitrogen functional groups attached to an aromatic ring is 1. The molecule has 1 saturated heterocycles. The minimum atomic E-state index is -0.0674. The Kier molecular flexibility index (Phi) is 4.12. The second-order valence-corrected chi connectivity index (χ2v) is 5.19. The van der Waals surface area contributed by atoms with Crippen LogP contribution in [-0.4, -0.2) is 43.4 Å². The second-order valence-electron chi connectivity index (χ2n) is 5.19. The molecule has 0 aliphatic carbocycles. The van der Waals surface area contributed by atoms with E-state index in [-0.39, 0.29) is 17.9 Å². The summed E-state index contributed by atoms with van der Waals surface area (Å²) in [5.74, 6) is 0.0172. The van der Waals surface area contributed by atoms with E-state index in [0.717, 1.165) is 12.1 Å². The van der Waals surface area contributed by atoms with E-state index in [1.807, 2.05) is 0 Å². The van der Waals surface area contributed by atoms with Gasteiger partial charge in [-0.15, -0.1) is 0 Å². The molecule has 6 nitrogen and oxygen atoms in total. The lowest BCUT2D eigenvalue weighted by Crippen LogP contribution is -2.32. The molecular weight excluding hydrogens is 256 g/mol. The van der Waals surface area contributed by atoms with Crippen LogP contribution in [0.1, 0.15) is 23.2 Å². The highest BCUT2D eigenvalue weighted by molar-refractivity contribution is 5.95. The summed E-state index contributed by atoms with van der Waals surface area (Å²) >= 11 is 0. The van der Waals surface area contributed by atoms with Crippen LogP contribution in [0.2, 0.25) is 0 Å². The summed E-state index contributed by atoms with van der Waals surface area (Å²) in [6.45, 7) is 0.607. The first kappa shape index (κ1) is 14.2. The van der Waals surface area contributed by atoms with Gasteiger partial charge in [0.2, 0.25) is 5.91 Å². The van der Waals surface area contributed by atoms with Crippen LogP contribution in [0.25, 0.3) is 0 Å². The average molecular weight is 276 g/mol. The van der Waals surface area contributed by atoms with Crippen molar-refractivity contribution in [3.05, 3.63) is 23.8 Å². The van der Waals surface area contributed by atoms with Gasteiger partial charge in [-0.05, 0) is 24.6 Å². The Morgan fingerprint density at radius 3 is 2.85 bits per heavy atom. The molecule has 0 spiro atoms. The van der Waals surface area contributed by atoms with E-state index < -0.39 is 0 Å². The number of carbonyl (C=O) groups excluding carboxylic acids is 2. The molecule has 1 fully saturated rings. The van der Waals surface area contributed by atoms with Crippen LogP contribution < -0.4 is 16.4 Å². The molecule has 1 aromatic carbocycles. The van der Waals surface area contributed by atoms with E-state index in [1.54, 1.807) is 32.3 Å². The van der Waals surface area contributed by atoms with Crippen molar-refractivity contribution in [1.82, 2.24) is 10.2 Å². The predicted molar refractivity (Wildman–Crippen MR) is 78.5 cm³/mol. The van der Waals surface area contributed by atoms with Gasteiger partial charge in [0.25, 0.3) is 5.91 Å². The van der Waals surface area contributed by atoms with Crippen LogP contribution in [0.3, 0.4) is 0 Å². The molecule has 1 aliphatic rings. The van der Waals surface area contributed by atoms with Crippen molar-refractivity contribution in [2.24, 2.45) is 0 Å². The van der Waals surface area contributed by atoms with Crippen molar-refractivity contribution < 1.29 is 9.59 Å². The Labute approximate surface area is 118 Å². The number of hydrogen-bond donors (Lipinski definition) is 3.